The number of hydrogen-bond acceptors (Lipinski definition) is 2. The van der Waals surface area contributed by atoms with E-state index in [1.807, 2.05) is 45.0 Å². The van der Waals surface area contributed by atoms with Crippen LogP contribution in [0.2, 0.25) is 5.02 Å². The maximum absolute atomic E-state index is 12.9. The average Bonchev–Trinajstić information content (AvgIpc) is 2.61. The molecule has 2 aromatic carbocycles. The topological polar surface area (TPSA) is 49.4 Å². The molecule has 0 saturated heterocycles. The summed E-state index contributed by atoms with van der Waals surface area (Å²) in [5, 5.41) is 3.21. The van der Waals surface area contributed by atoms with Gasteiger partial charge in [0, 0.05) is 13.6 Å². The third kappa shape index (κ3) is 4.85. The van der Waals surface area contributed by atoms with E-state index in [1.54, 1.807) is 36.2 Å². The number of aryl methyl sites for hydroxylation is 1. The molecule has 1 N–H and O–H groups in total. The van der Waals surface area contributed by atoms with Gasteiger partial charge in [-0.1, -0.05) is 61.8 Å². The van der Waals surface area contributed by atoms with E-state index in [1.165, 1.54) is 0 Å². The Balaban J connectivity index is 2.13. The molecule has 0 heterocycles. The number of nitrogens with zero attached hydrogens (tertiary/aromatic N) is 1. The molecule has 2 aromatic rings. The van der Waals surface area contributed by atoms with Gasteiger partial charge >= 0.3 is 0 Å². The number of carbonyl (C=O) groups is 2. The molecule has 1 atom stereocenters. The van der Waals surface area contributed by atoms with Crippen LogP contribution in [0.25, 0.3) is 0 Å². The SMILES string of the molecule is Cc1ccccc1CN(C)C(=O)[C@@H](NC(=O)c1ccccc1Cl)C(C)C. The Bertz CT molecular complexity index is 789. The fraction of sp³-hybridized carbons (Fsp3) is 0.333. The van der Waals surface area contributed by atoms with Crippen molar-refractivity contribution in [3.63, 3.8) is 0 Å². The summed E-state index contributed by atoms with van der Waals surface area (Å²) in [5.74, 6) is -0.510. The van der Waals surface area contributed by atoms with Gasteiger partial charge in [-0.15, -0.1) is 0 Å². The van der Waals surface area contributed by atoms with Gasteiger partial charge in [0.15, 0.2) is 0 Å². The predicted octanol–water partition coefficient (Wildman–Crippen LogP) is 4.06. The fourth-order valence-corrected chi connectivity index (χ4v) is 2.96. The molecule has 2 amide bonds. The molecule has 0 aliphatic heterocycles. The normalized spacial score (nSPS) is 11.9. The minimum atomic E-state index is -0.618. The molecule has 2 rings (SSSR count). The second kappa shape index (κ2) is 8.86. The monoisotopic (exact) mass is 372 g/mol. The summed E-state index contributed by atoms with van der Waals surface area (Å²) in [6, 6.07) is 14.2. The molecule has 0 fully saturated rings. The zero-order valence-electron chi connectivity index (χ0n) is 15.6. The molecule has 0 aliphatic rings. The van der Waals surface area contributed by atoms with Gasteiger partial charge in [0.05, 0.1) is 10.6 Å². The molecule has 0 saturated carbocycles. The second-order valence-electron chi connectivity index (χ2n) is 6.80. The van der Waals surface area contributed by atoms with Crippen molar-refractivity contribution in [2.45, 2.75) is 33.4 Å². The molecule has 4 nitrogen and oxygen atoms in total. The largest absolute Gasteiger partial charge is 0.340 e. The van der Waals surface area contributed by atoms with E-state index in [4.69, 9.17) is 11.6 Å². The van der Waals surface area contributed by atoms with Crippen LogP contribution in [-0.4, -0.2) is 29.8 Å². The van der Waals surface area contributed by atoms with Crippen LogP contribution < -0.4 is 5.32 Å². The number of amides is 2. The summed E-state index contributed by atoms with van der Waals surface area (Å²) in [6.45, 7) is 6.34. The van der Waals surface area contributed by atoms with Gasteiger partial charge in [0.2, 0.25) is 5.91 Å². The van der Waals surface area contributed by atoms with Crippen LogP contribution in [0.15, 0.2) is 48.5 Å². The van der Waals surface area contributed by atoms with E-state index in [2.05, 4.69) is 5.32 Å². The van der Waals surface area contributed by atoms with Crippen molar-refractivity contribution >= 4 is 23.4 Å². The minimum Gasteiger partial charge on any atom is -0.340 e. The minimum absolute atomic E-state index is 0.0479. The first-order chi connectivity index (χ1) is 12.3. The van der Waals surface area contributed by atoms with Crippen molar-refractivity contribution in [3.8, 4) is 0 Å². The van der Waals surface area contributed by atoms with Crippen LogP contribution in [-0.2, 0) is 11.3 Å². The van der Waals surface area contributed by atoms with Crippen LogP contribution in [0.1, 0.15) is 35.3 Å². The summed E-state index contributed by atoms with van der Waals surface area (Å²) in [5.41, 5.74) is 2.59. The lowest BCUT2D eigenvalue weighted by molar-refractivity contribution is -0.133. The Kier molecular flexibility index (Phi) is 6.81. The predicted molar refractivity (Wildman–Crippen MR) is 105 cm³/mol. The molecule has 0 aromatic heterocycles. The highest BCUT2D eigenvalue weighted by molar-refractivity contribution is 6.33. The Morgan fingerprint density at radius 3 is 2.31 bits per heavy atom. The second-order valence-corrected chi connectivity index (χ2v) is 7.20. The lowest BCUT2D eigenvalue weighted by Gasteiger charge is -2.27. The van der Waals surface area contributed by atoms with Gasteiger partial charge in [-0.3, -0.25) is 9.59 Å². The standard InChI is InChI=1S/C21H25ClN2O2/c1-14(2)19(23-20(25)17-11-7-8-12-18(17)22)21(26)24(4)13-16-10-6-5-9-15(16)3/h5-12,14,19H,13H2,1-4H3,(H,23,25)/t19-/m0/s1. The van der Waals surface area contributed by atoms with E-state index >= 15 is 0 Å². The van der Waals surface area contributed by atoms with Crippen molar-refractivity contribution < 1.29 is 9.59 Å². The summed E-state index contributed by atoms with van der Waals surface area (Å²) >= 11 is 6.09. The Morgan fingerprint density at radius 1 is 1.08 bits per heavy atom. The highest BCUT2D eigenvalue weighted by Gasteiger charge is 2.28. The first-order valence-electron chi connectivity index (χ1n) is 8.66. The highest BCUT2D eigenvalue weighted by Crippen LogP contribution is 2.17. The molecule has 0 radical (unpaired) electrons. The quantitative estimate of drug-likeness (QED) is 0.831. The van der Waals surface area contributed by atoms with Gasteiger partial charge in [0.1, 0.15) is 6.04 Å². The molecule has 0 spiro atoms. The van der Waals surface area contributed by atoms with Gasteiger partial charge in [0.25, 0.3) is 5.91 Å². The Morgan fingerprint density at radius 2 is 1.69 bits per heavy atom. The molecule has 0 bridgehead atoms. The summed E-state index contributed by atoms with van der Waals surface area (Å²) in [4.78, 5) is 27.1. The van der Waals surface area contributed by atoms with E-state index in [0.717, 1.165) is 11.1 Å². The average molecular weight is 373 g/mol. The molecule has 0 aliphatic carbocycles. The summed E-state index contributed by atoms with van der Waals surface area (Å²) in [7, 11) is 1.76. The smallest absolute Gasteiger partial charge is 0.253 e. The molecule has 0 unspecified atom stereocenters. The van der Waals surface area contributed by atoms with Crippen molar-refractivity contribution in [1.82, 2.24) is 10.2 Å². The zero-order chi connectivity index (χ0) is 19.3. The molecule has 138 valence electrons. The van der Waals surface area contributed by atoms with Crippen LogP contribution in [0.5, 0.6) is 0 Å². The molecule has 5 heteroatoms. The van der Waals surface area contributed by atoms with Crippen molar-refractivity contribution in [3.05, 3.63) is 70.2 Å². The van der Waals surface area contributed by atoms with Crippen LogP contribution in [0.4, 0.5) is 0 Å². The number of likely N-dealkylation sites (N-methyl/N-ethyl adjacent to an activating group) is 1. The van der Waals surface area contributed by atoms with Crippen LogP contribution in [0, 0.1) is 12.8 Å². The van der Waals surface area contributed by atoms with Gasteiger partial charge in [-0.25, -0.2) is 0 Å². The van der Waals surface area contributed by atoms with Gasteiger partial charge in [-0.2, -0.15) is 0 Å². The molecular formula is C21H25ClN2O2. The first kappa shape index (κ1) is 20.0. The van der Waals surface area contributed by atoms with Crippen molar-refractivity contribution in [2.24, 2.45) is 5.92 Å². The maximum atomic E-state index is 12.9. The lowest BCUT2D eigenvalue weighted by Crippen LogP contribution is -2.50. The third-order valence-electron chi connectivity index (χ3n) is 4.38. The van der Waals surface area contributed by atoms with Crippen LogP contribution >= 0.6 is 11.6 Å². The highest BCUT2D eigenvalue weighted by atomic mass is 35.5. The fourth-order valence-electron chi connectivity index (χ4n) is 2.74. The van der Waals surface area contributed by atoms with E-state index < -0.39 is 6.04 Å². The zero-order valence-corrected chi connectivity index (χ0v) is 16.4. The van der Waals surface area contributed by atoms with E-state index in [9.17, 15) is 9.59 Å². The number of carbonyl (C=O) groups excluding carboxylic acids is 2. The number of hydrogen-bond donors (Lipinski definition) is 1. The van der Waals surface area contributed by atoms with Gasteiger partial charge in [-0.05, 0) is 36.1 Å². The van der Waals surface area contributed by atoms with Gasteiger partial charge < -0.3 is 10.2 Å². The molecule has 26 heavy (non-hydrogen) atoms. The summed E-state index contributed by atoms with van der Waals surface area (Å²) in [6.07, 6.45) is 0. The van der Waals surface area contributed by atoms with Crippen molar-refractivity contribution in [1.29, 1.82) is 0 Å². The Hall–Kier alpha value is -2.33. The van der Waals surface area contributed by atoms with Crippen molar-refractivity contribution in [2.75, 3.05) is 7.05 Å². The van der Waals surface area contributed by atoms with E-state index in [-0.39, 0.29) is 17.7 Å². The third-order valence-corrected chi connectivity index (χ3v) is 4.71. The maximum Gasteiger partial charge on any atom is 0.253 e. The number of halogens is 1. The Labute approximate surface area is 160 Å². The van der Waals surface area contributed by atoms with Crippen LogP contribution in [0.3, 0.4) is 0 Å². The lowest BCUT2D eigenvalue weighted by atomic mass is 10.0. The number of benzene rings is 2. The summed E-state index contributed by atoms with van der Waals surface area (Å²) < 4.78 is 0. The van der Waals surface area contributed by atoms with E-state index in [0.29, 0.717) is 17.1 Å². The first-order valence-corrected chi connectivity index (χ1v) is 9.04. The number of rotatable bonds is 6. The molecular weight excluding hydrogens is 348 g/mol. The number of nitrogens with one attached hydrogen (secondary N) is 1.